The molecule has 1 saturated heterocycles. The minimum Gasteiger partial charge on any atom is -0.459 e. The van der Waals surface area contributed by atoms with Crippen LogP contribution < -0.4 is 0 Å². The van der Waals surface area contributed by atoms with Gasteiger partial charge in [0.1, 0.15) is 18.3 Å². The molecule has 0 N–H and O–H groups in total. The molecular formula is C28H34O6. The molecule has 34 heavy (non-hydrogen) atoms. The highest BCUT2D eigenvalue weighted by Gasteiger charge is 2.24. The van der Waals surface area contributed by atoms with Gasteiger partial charge in [-0.05, 0) is 51.0 Å². The Hall–Kier alpha value is -3.48. The lowest BCUT2D eigenvalue weighted by atomic mass is 10.1. The summed E-state index contributed by atoms with van der Waals surface area (Å²) in [7, 11) is 0. The molecule has 1 atom stereocenters. The minimum absolute atomic E-state index is 0.142. The van der Waals surface area contributed by atoms with Gasteiger partial charge in [0, 0.05) is 5.57 Å². The first kappa shape index (κ1) is 28.6. The summed E-state index contributed by atoms with van der Waals surface area (Å²) in [6.45, 7) is 19.0. The van der Waals surface area contributed by atoms with Crippen LogP contribution in [0.3, 0.4) is 0 Å². The average Bonchev–Trinajstić information content (AvgIpc) is 3.66. The minimum atomic E-state index is -0.482. The van der Waals surface area contributed by atoms with Crippen molar-refractivity contribution in [3.05, 3.63) is 96.6 Å². The summed E-state index contributed by atoms with van der Waals surface area (Å²) in [5, 5.41) is 0. The molecular weight excluding hydrogens is 432 g/mol. The van der Waals surface area contributed by atoms with Crippen LogP contribution in [-0.4, -0.2) is 36.9 Å². The molecule has 1 aliphatic heterocycles. The van der Waals surface area contributed by atoms with E-state index in [1.54, 1.807) is 31.2 Å². The van der Waals surface area contributed by atoms with Crippen LogP contribution in [-0.2, 0) is 24.0 Å². The maximum absolute atomic E-state index is 11.3. The smallest absolute Gasteiger partial charge is 0.373 e. The first-order valence-corrected chi connectivity index (χ1v) is 10.8. The molecule has 2 aromatic rings. The monoisotopic (exact) mass is 466 g/mol. The molecule has 0 radical (unpaired) electrons. The number of carbonyl (C=O) groups is 2. The normalized spacial score (nSPS) is 13.6. The Morgan fingerprint density at radius 1 is 1.00 bits per heavy atom. The van der Waals surface area contributed by atoms with E-state index in [2.05, 4.69) is 24.6 Å². The molecule has 1 fully saturated rings. The molecule has 1 heterocycles. The molecule has 2 aromatic carbocycles. The second-order valence-corrected chi connectivity index (χ2v) is 8.30. The zero-order valence-electron chi connectivity index (χ0n) is 20.4. The summed E-state index contributed by atoms with van der Waals surface area (Å²) in [4.78, 5) is 31.6. The molecule has 182 valence electrons. The van der Waals surface area contributed by atoms with Crippen LogP contribution >= 0.6 is 0 Å². The lowest BCUT2D eigenvalue weighted by molar-refractivity contribution is -0.301. The third-order valence-corrected chi connectivity index (χ3v) is 3.96. The van der Waals surface area contributed by atoms with Crippen molar-refractivity contribution >= 4 is 24.1 Å². The molecule has 1 aliphatic rings. The zero-order chi connectivity index (χ0) is 25.6. The highest BCUT2D eigenvalue weighted by molar-refractivity contribution is 5.88. The van der Waals surface area contributed by atoms with Gasteiger partial charge >= 0.3 is 11.9 Å². The van der Waals surface area contributed by atoms with Gasteiger partial charge in [-0.3, -0.25) is 4.89 Å². The predicted octanol–water partition coefficient (Wildman–Crippen LogP) is 6.05. The van der Waals surface area contributed by atoms with E-state index in [4.69, 9.17) is 14.4 Å². The van der Waals surface area contributed by atoms with E-state index in [1.165, 1.54) is 0 Å². The molecule has 0 spiro atoms. The summed E-state index contributed by atoms with van der Waals surface area (Å²) >= 11 is 0. The molecule has 3 rings (SSSR count). The van der Waals surface area contributed by atoms with Gasteiger partial charge < -0.3 is 9.47 Å². The largest absolute Gasteiger partial charge is 0.459 e. The Labute approximate surface area is 202 Å². The maximum Gasteiger partial charge on any atom is 0.373 e. The third-order valence-electron chi connectivity index (χ3n) is 3.96. The van der Waals surface area contributed by atoms with Crippen LogP contribution in [0.1, 0.15) is 49.2 Å². The summed E-state index contributed by atoms with van der Waals surface area (Å²) in [5.41, 5.74) is 2.71. The molecule has 0 amide bonds. The van der Waals surface area contributed by atoms with Gasteiger partial charge in [-0.15, -0.1) is 0 Å². The van der Waals surface area contributed by atoms with Crippen LogP contribution in [0.25, 0.3) is 12.2 Å². The topological polar surface area (TPSA) is 74.4 Å². The summed E-state index contributed by atoms with van der Waals surface area (Å²) in [6, 6.07) is 16.7. The Bertz CT molecular complexity index is 925. The predicted molar refractivity (Wildman–Crippen MR) is 135 cm³/mol. The Balaban J connectivity index is 0.000000261. The van der Waals surface area contributed by atoms with Gasteiger partial charge in [0.15, 0.2) is 0 Å². The number of hydrogen-bond donors (Lipinski definition) is 0. The maximum atomic E-state index is 11.3. The van der Waals surface area contributed by atoms with E-state index >= 15 is 0 Å². The van der Waals surface area contributed by atoms with Gasteiger partial charge in [-0.1, -0.05) is 74.4 Å². The molecule has 0 aliphatic carbocycles. The standard InChI is InChI=1S/C11H14O3.C10H10.C7H10O3/c1-11(2,3)14-13-10(12)9-7-5-4-6-8-9;1-3-9-7-5-6-8-10(9)4-2;1-5(2)7(8)10-4-6-3-9-6/h4-8H,1-3H3;3-8H,1-2H2;6H,1,3-4H2,2H3. The van der Waals surface area contributed by atoms with E-state index < -0.39 is 11.6 Å². The van der Waals surface area contributed by atoms with E-state index in [1.807, 2.05) is 63.3 Å². The lowest BCUT2D eigenvalue weighted by Crippen LogP contribution is -2.21. The second-order valence-electron chi connectivity index (χ2n) is 8.30. The molecule has 1 unspecified atom stereocenters. The number of benzene rings is 2. The van der Waals surface area contributed by atoms with Gasteiger partial charge in [0.05, 0.1) is 12.2 Å². The van der Waals surface area contributed by atoms with Gasteiger partial charge in [0.25, 0.3) is 0 Å². The summed E-state index contributed by atoms with van der Waals surface area (Å²) < 4.78 is 9.60. The van der Waals surface area contributed by atoms with E-state index in [0.29, 0.717) is 24.4 Å². The number of carbonyl (C=O) groups excluding carboxylic acids is 2. The van der Waals surface area contributed by atoms with Crippen molar-refractivity contribution in [3.8, 4) is 0 Å². The lowest BCUT2D eigenvalue weighted by Gasteiger charge is -2.16. The van der Waals surface area contributed by atoms with Crippen molar-refractivity contribution in [1.29, 1.82) is 0 Å². The van der Waals surface area contributed by atoms with Crippen LogP contribution in [0.4, 0.5) is 0 Å². The van der Waals surface area contributed by atoms with Crippen LogP contribution in [0.15, 0.2) is 79.9 Å². The zero-order valence-corrected chi connectivity index (χ0v) is 20.4. The van der Waals surface area contributed by atoms with Crippen molar-refractivity contribution in [1.82, 2.24) is 0 Å². The van der Waals surface area contributed by atoms with Crippen LogP contribution in [0.2, 0.25) is 0 Å². The number of ether oxygens (including phenoxy) is 2. The fraction of sp³-hybridized carbons (Fsp3) is 0.286. The quantitative estimate of drug-likeness (QED) is 0.163. The fourth-order valence-electron chi connectivity index (χ4n) is 2.12. The van der Waals surface area contributed by atoms with Crippen molar-refractivity contribution < 1.29 is 28.8 Å². The van der Waals surface area contributed by atoms with Gasteiger partial charge in [0.2, 0.25) is 0 Å². The Kier molecular flexibility index (Phi) is 12.3. The third kappa shape index (κ3) is 12.5. The van der Waals surface area contributed by atoms with Crippen LogP contribution in [0.5, 0.6) is 0 Å². The Morgan fingerprint density at radius 2 is 1.50 bits per heavy atom. The average molecular weight is 467 g/mol. The van der Waals surface area contributed by atoms with Crippen molar-refractivity contribution in [3.63, 3.8) is 0 Å². The van der Waals surface area contributed by atoms with E-state index in [-0.39, 0.29) is 12.1 Å². The molecule has 6 nitrogen and oxygen atoms in total. The van der Waals surface area contributed by atoms with Crippen molar-refractivity contribution in [2.75, 3.05) is 13.2 Å². The molecule has 0 bridgehead atoms. The summed E-state index contributed by atoms with van der Waals surface area (Å²) in [6.07, 6.45) is 3.80. The highest BCUT2D eigenvalue weighted by Crippen LogP contribution is 2.11. The summed E-state index contributed by atoms with van der Waals surface area (Å²) in [5.74, 6) is -0.809. The fourth-order valence-corrected chi connectivity index (χ4v) is 2.12. The first-order chi connectivity index (χ1) is 16.1. The number of esters is 1. The highest BCUT2D eigenvalue weighted by atomic mass is 17.2. The molecule has 0 saturated carbocycles. The van der Waals surface area contributed by atoms with Crippen molar-refractivity contribution in [2.24, 2.45) is 0 Å². The van der Waals surface area contributed by atoms with E-state index in [9.17, 15) is 9.59 Å². The SMILES string of the molecule is C=C(C)C(=O)OCC1CO1.C=Cc1ccccc1C=C.CC(C)(C)OOC(=O)c1ccccc1. The molecule has 6 heteroatoms. The second kappa shape index (κ2) is 14.6. The van der Waals surface area contributed by atoms with Crippen LogP contribution in [0, 0.1) is 0 Å². The Morgan fingerprint density at radius 3 is 1.91 bits per heavy atom. The first-order valence-electron chi connectivity index (χ1n) is 10.8. The number of hydrogen-bond acceptors (Lipinski definition) is 6. The van der Waals surface area contributed by atoms with Gasteiger partial charge in [-0.25, -0.2) is 9.59 Å². The number of rotatable bonds is 7. The van der Waals surface area contributed by atoms with E-state index in [0.717, 1.165) is 11.1 Å². The number of epoxide rings is 1. The van der Waals surface area contributed by atoms with Crippen molar-refractivity contribution in [2.45, 2.75) is 39.4 Å². The van der Waals surface area contributed by atoms with Gasteiger partial charge in [-0.2, -0.15) is 4.89 Å². The molecule has 0 aromatic heterocycles.